The second kappa shape index (κ2) is 3.96. The number of rotatable bonds is 0. The molecule has 3 heteroatoms. The fourth-order valence-corrected chi connectivity index (χ4v) is 2.99. The van der Waals surface area contributed by atoms with E-state index in [1.807, 2.05) is 26.0 Å². The molecule has 1 aromatic rings. The Hall–Kier alpha value is -2.08. The number of nitriles is 1. The van der Waals surface area contributed by atoms with E-state index in [1.165, 1.54) is 5.57 Å². The van der Waals surface area contributed by atoms with E-state index in [4.69, 9.17) is 4.74 Å². The number of Topliss-reactive ketones (excluding diaryl/α,β-unsaturated/α-hetero) is 1. The molecule has 0 bridgehead atoms. The van der Waals surface area contributed by atoms with Crippen LogP contribution in [0.1, 0.15) is 37.0 Å². The summed E-state index contributed by atoms with van der Waals surface area (Å²) in [7, 11) is 0. The molecule has 0 spiro atoms. The minimum atomic E-state index is -1.04. The van der Waals surface area contributed by atoms with Gasteiger partial charge in [0.05, 0.1) is 11.6 Å². The van der Waals surface area contributed by atoms with Crippen LogP contribution in [0.5, 0.6) is 5.75 Å². The molecule has 0 aromatic heterocycles. The number of ether oxygens (including phenoxy) is 1. The van der Waals surface area contributed by atoms with E-state index in [0.717, 1.165) is 5.57 Å². The minimum absolute atomic E-state index is 0.0892. The monoisotopic (exact) mass is 253 g/mol. The third kappa shape index (κ3) is 1.53. The molecule has 0 radical (unpaired) electrons. The molecular formula is C16H15NO2. The van der Waals surface area contributed by atoms with E-state index in [2.05, 4.69) is 6.07 Å². The summed E-state index contributed by atoms with van der Waals surface area (Å²) in [6.45, 7) is 4.05. The molecule has 2 atom stereocenters. The zero-order chi connectivity index (χ0) is 13.6. The van der Waals surface area contributed by atoms with E-state index in [-0.39, 0.29) is 11.9 Å². The molecule has 96 valence electrons. The lowest BCUT2D eigenvalue weighted by molar-refractivity contribution is 0.0428. The number of fused-ring (bicyclic) bond motifs is 2. The van der Waals surface area contributed by atoms with Crippen molar-refractivity contribution >= 4 is 5.78 Å². The highest BCUT2D eigenvalue weighted by atomic mass is 16.5. The van der Waals surface area contributed by atoms with Gasteiger partial charge in [-0.15, -0.1) is 0 Å². The van der Waals surface area contributed by atoms with Crippen molar-refractivity contribution in [1.82, 2.24) is 0 Å². The number of nitrogens with zero attached hydrogens (tertiary/aromatic N) is 1. The van der Waals surface area contributed by atoms with Crippen LogP contribution in [0.15, 0.2) is 35.4 Å². The Balaban J connectivity index is 2.17. The predicted octanol–water partition coefficient (Wildman–Crippen LogP) is 3.27. The molecule has 3 nitrogen and oxygen atoms in total. The Bertz CT molecular complexity index is 638. The van der Waals surface area contributed by atoms with Gasteiger partial charge < -0.3 is 4.74 Å². The third-order valence-corrected chi connectivity index (χ3v) is 4.32. The van der Waals surface area contributed by atoms with Crippen molar-refractivity contribution < 1.29 is 9.53 Å². The van der Waals surface area contributed by atoms with Crippen molar-refractivity contribution in [3.63, 3.8) is 0 Å². The normalized spacial score (nSPS) is 29.1. The Morgan fingerprint density at radius 1 is 1.32 bits per heavy atom. The third-order valence-electron chi connectivity index (χ3n) is 4.32. The molecule has 0 saturated heterocycles. The van der Waals surface area contributed by atoms with Gasteiger partial charge in [-0.25, -0.2) is 0 Å². The van der Waals surface area contributed by atoms with Crippen molar-refractivity contribution in [3.05, 3.63) is 41.0 Å². The number of ketones is 1. The average molecular weight is 253 g/mol. The summed E-state index contributed by atoms with van der Waals surface area (Å²) < 4.78 is 5.94. The van der Waals surface area contributed by atoms with Crippen molar-refractivity contribution in [2.24, 2.45) is 5.41 Å². The van der Waals surface area contributed by atoms with Crippen LogP contribution < -0.4 is 4.74 Å². The maximum atomic E-state index is 12.7. The Morgan fingerprint density at radius 2 is 2.05 bits per heavy atom. The fourth-order valence-electron chi connectivity index (χ4n) is 2.99. The van der Waals surface area contributed by atoms with E-state index in [9.17, 15) is 10.1 Å². The molecule has 19 heavy (non-hydrogen) atoms. The largest absolute Gasteiger partial charge is 0.487 e. The smallest absolute Gasteiger partial charge is 0.190 e. The van der Waals surface area contributed by atoms with Gasteiger partial charge in [-0.2, -0.15) is 5.26 Å². The number of carbonyl (C=O) groups is 1. The van der Waals surface area contributed by atoms with Gasteiger partial charge in [0.2, 0.25) is 0 Å². The van der Waals surface area contributed by atoms with Gasteiger partial charge in [-0.3, -0.25) is 4.79 Å². The SMILES string of the molecule is CC1=C(C)C[C@@]2(C#N)C(=O)c3ccccc3O[C@H]2C1. The van der Waals surface area contributed by atoms with E-state index in [1.54, 1.807) is 12.1 Å². The predicted molar refractivity (Wildman–Crippen MR) is 70.8 cm³/mol. The lowest BCUT2D eigenvalue weighted by atomic mass is 9.65. The molecule has 0 unspecified atom stereocenters. The molecule has 1 aromatic carbocycles. The van der Waals surface area contributed by atoms with E-state index < -0.39 is 5.41 Å². The molecule has 1 heterocycles. The van der Waals surface area contributed by atoms with Crippen LogP contribution in [0.2, 0.25) is 0 Å². The Kier molecular flexibility index (Phi) is 2.50. The van der Waals surface area contributed by atoms with Gasteiger partial charge in [0.25, 0.3) is 0 Å². The molecule has 0 N–H and O–H groups in total. The topological polar surface area (TPSA) is 50.1 Å². The number of allylic oxidation sites excluding steroid dienone is 1. The average Bonchev–Trinajstić information content (AvgIpc) is 2.42. The van der Waals surface area contributed by atoms with Crippen molar-refractivity contribution in [3.8, 4) is 11.8 Å². The fraction of sp³-hybridized carbons (Fsp3) is 0.375. The number of hydrogen-bond donors (Lipinski definition) is 0. The quantitative estimate of drug-likeness (QED) is 0.667. The first-order valence-corrected chi connectivity index (χ1v) is 6.45. The summed E-state index contributed by atoms with van der Waals surface area (Å²) >= 11 is 0. The summed E-state index contributed by atoms with van der Waals surface area (Å²) in [6, 6.07) is 9.45. The van der Waals surface area contributed by atoms with Crippen LogP contribution in [0, 0.1) is 16.7 Å². The standard InChI is InChI=1S/C16H15NO2/c1-10-7-14-16(9-17,8-11(10)2)15(18)12-5-3-4-6-13(12)19-14/h3-6,14H,7-8H2,1-2H3/t14-,16-/m0/s1. The molecule has 0 fully saturated rings. The highest BCUT2D eigenvalue weighted by Crippen LogP contribution is 2.47. The Labute approximate surface area is 112 Å². The highest BCUT2D eigenvalue weighted by Gasteiger charge is 2.53. The van der Waals surface area contributed by atoms with Crippen LogP contribution in [0.25, 0.3) is 0 Å². The second-order valence-electron chi connectivity index (χ2n) is 5.46. The highest BCUT2D eigenvalue weighted by molar-refractivity contribution is 6.06. The lowest BCUT2D eigenvalue weighted by Gasteiger charge is -2.42. The van der Waals surface area contributed by atoms with Gasteiger partial charge >= 0.3 is 0 Å². The molecule has 0 amide bonds. The summed E-state index contributed by atoms with van der Waals surface area (Å²) in [5.74, 6) is 0.518. The molecule has 2 aliphatic rings. The molecule has 0 saturated carbocycles. The number of para-hydroxylation sites is 1. The van der Waals surface area contributed by atoms with Gasteiger partial charge in [0, 0.05) is 6.42 Å². The first-order chi connectivity index (χ1) is 9.08. The van der Waals surface area contributed by atoms with Crippen molar-refractivity contribution in [2.45, 2.75) is 32.8 Å². The zero-order valence-corrected chi connectivity index (χ0v) is 11.1. The van der Waals surface area contributed by atoms with Crippen LogP contribution in [0.3, 0.4) is 0 Å². The summed E-state index contributed by atoms with van der Waals surface area (Å²) in [4.78, 5) is 12.7. The van der Waals surface area contributed by atoms with Gasteiger partial charge in [-0.1, -0.05) is 23.3 Å². The maximum absolute atomic E-state index is 12.7. The Morgan fingerprint density at radius 3 is 2.79 bits per heavy atom. The number of carbonyl (C=O) groups excluding carboxylic acids is 1. The molecular weight excluding hydrogens is 238 g/mol. The first-order valence-electron chi connectivity index (χ1n) is 6.45. The number of benzene rings is 1. The van der Waals surface area contributed by atoms with Gasteiger partial charge in [0.15, 0.2) is 11.2 Å². The summed E-state index contributed by atoms with van der Waals surface area (Å²) in [5.41, 5.74) is 1.85. The minimum Gasteiger partial charge on any atom is -0.487 e. The van der Waals surface area contributed by atoms with Gasteiger partial charge in [0.1, 0.15) is 11.9 Å². The van der Waals surface area contributed by atoms with Crippen LogP contribution in [-0.4, -0.2) is 11.9 Å². The number of hydrogen-bond acceptors (Lipinski definition) is 3. The van der Waals surface area contributed by atoms with Crippen LogP contribution >= 0.6 is 0 Å². The summed E-state index contributed by atoms with van der Waals surface area (Å²) in [5, 5.41) is 9.60. The van der Waals surface area contributed by atoms with Crippen LogP contribution in [0.4, 0.5) is 0 Å². The maximum Gasteiger partial charge on any atom is 0.190 e. The lowest BCUT2D eigenvalue weighted by Crippen LogP contribution is -2.50. The zero-order valence-electron chi connectivity index (χ0n) is 11.1. The van der Waals surface area contributed by atoms with E-state index >= 15 is 0 Å². The molecule has 1 aliphatic heterocycles. The first kappa shape index (κ1) is 12.0. The van der Waals surface area contributed by atoms with Crippen molar-refractivity contribution in [2.75, 3.05) is 0 Å². The van der Waals surface area contributed by atoms with Crippen molar-refractivity contribution in [1.29, 1.82) is 5.26 Å². The van der Waals surface area contributed by atoms with Crippen LogP contribution in [-0.2, 0) is 0 Å². The van der Waals surface area contributed by atoms with Gasteiger partial charge in [-0.05, 0) is 32.4 Å². The second-order valence-corrected chi connectivity index (χ2v) is 5.46. The molecule has 3 rings (SSSR count). The molecule has 1 aliphatic carbocycles. The summed E-state index contributed by atoms with van der Waals surface area (Å²) in [6.07, 6.45) is 0.774. The van der Waals surface area contributed by atoms with E-state index in [0.29, 0.717) is 24.2 Å².